The van der Waals surface area contributed by atoms with Crippen LogP contribution in [0.25, 0.3) is 11.0 Å². The van der Waals surface area contributed by atoms with Crippen molar-refractivity contribution < 1.29 is 13.3 Å². The molecule has 2 heterocycles. The van der Waals surface area contributed by atoms with Crippen molar-refractivity contribution in [3.63, 3.8) is 0 Å². The maximum Gasteiger partial charge on any atom is 0.197 e. The highest BCUT2D eigenvalue weighted by Crippen LogP contribution is 2.41. The van der Waals surface area contributed by atoms with Crippen molar-refractivity contribution in [2.75, 3.05) is 38.7 Å². The third-order valence-electron chi connectivity index (χ3n) is 6.89. The molecule has 33 heavy (non-hydrogen) atoms. The largest absolute Gasteiger partial charge is 0.494 e. The van der Waals surface area contributed by atoms with Gasteiger partial charge in [0.1, 0.15) is 0 Å². The summed E-state index contributed by atoms with van der Waals surface area (Å²) in [5, 5.41) is 0.358. The molecule has 2 aromatic carbocycles. The summed E-state index contributed by atoms with van der Waals surface area (Å²) < 4.78 is 32.5. The van der Waals surface area contributed by atoms with E-state index in [0.717, 1.165) is 37.5 Å². The lowest BCUT2D eigenvalue weighted by Crippen LogP contribution is -2.38. The third kappa shape index (κ3) is 4.38. The molecule has 1 fully saturated rings. The highest BCUT2D eigenvalue weighted by atomic mass is 32.2. The SMILES string of the molecule is CCN1CCC(N(C)CC2CC2)c2cccc(CS(=O)c3nc4cc(OC)c(F)cc4[nH]3)c21. The van der Waals surface area contributed by atoms with Crippen LogP contribution < -0.4 is 9.64 Å². The number of hydrogen-bond acceptors (Lipinski definition) is 5. The van der Waals surface area contributed by atoms with Crippen LogP contribution in [0.3, 0.4) is 0 Å². The maximum atomic E-state index is 14.1. The zero-order valence-electron chi connectivity index (χ0n) is 19.4. The molecule has 176 valence electrons. The van der Waals surface area contributed by atoms with E-state index < -0.39 is 16.6 Å². The number of aromatic amines is 1. The number of anilines is 1. The van der Waals surface area contributed by atoms with E-state index in [1.54, 1.807) is 0 Å². The molecule has 0 spiro atoms. The highest BCUT2D eigenvalue weighted by Gasteiger charge is 2.32. The van der Waals surface area contributed by atoms with Crippen molar-refractivity contribution in [3.8, 4) is 5.75 Å². The molecule has 2 unspecified atom stereocenters. The number of hydrogen-bond donors (Lipinski definition) is 1. The minimum atomic E-state index is -1.39. The molecule has 2 atom stereocenters. The van der Waals surface area contributed by atoms with E-state index in [4.69, 9.17) is 4.74 Å². The fraction of sp³-hybridized carbons (Fsp3) is 0.480. The first kappa shape index (κ1) is 22.3. The number of benzene rings is 2. The summed E-state index contributed by atoms with van der Waals surface area (Å²) in [7, 11) is 2.27. The number of ether oxygens (including phenoxy) is 1. The van der Waals surface area contributed by atoms with Gasteiger partial charge in [0.25, 0.3) is 0 Å². The number of halogens is 1. The Hall–Kier alpha value is -2.45. The molecule has 1 saturated carbocycles. The van der Waals surface area contributed by atoms with Gasteiger partial charge in [-0.05, 0) is 50.3 Å². The Labute approximate surface area is 196 Å². The van der Waals surface area contributed by atoms with Crippen molar-refractivity contribution in [1.29, 1.82) is 0 Å². The van der Waals surface area contributed by atoms with E-state index >= 15 is 0 Å². The smallest absolute Gasteiger partial charge is 0.197 e. The van der Waals surface area contributed by atoms with E-state index in [1.807, 2.05) is 0 Å². The summed E-state index contributed by atoms with van der Waals surface area (Å²) in [6, 6.07) is 9.65. The van der Waals surface area contributed by atoms with Gasteiger partial charge in [-0.25, -0.2) is 9.37 Å². The van der Waals surface area contributed by atoms with Crippen LogP contribution >= 0.6 is 0 Å². The third-order valence-corrected chi connectivity index (χ3v) is 8.09. The number of para-hydroxylation sites is 1. The molecule has 0 bridgehead atoms. The summed E-state index contributed by atoms with van der Waals surface area (Å²) in [5.74, 6) is 0.861. The van der Waals surface area contributed by atoms with Gasteiger partial charge in [0.2, 0.25) is 0 Å². The van der Waals surface area contributed by atoms with E-state index in [1.165, 1.54) is 43.3 Å². The average Bonchev–Trinajstić information content (AvgIpc) is 3.53. The van der Waals surface area contributed by atoms with Gasteiger partial charge in [0, 0.05) is 43.5 Å². The standard InChI is InChI=1S/C25H31FN4O2S/c1-4-30-11-10-22(29(2)14-16-8-9-16)18-7-5-6-17(24(18)30)15-33(31)25-27-20-12-19(26)23(32-3)13-21(20)28-25/h5-7,12-13,16,22H,4,8-11,14-15H2,1-3H3,(H,27,28). The molecule has 1 aromatic heterocycles. The Bertz CT molecular complexity index is 1190. The molecule has 1 aliphatic carbocycles. The zero-order valence-corrected chi connectivity index (χ0v) is 20.3. The first-order valence-electron chi connectivity index (χ1n) is 11.7. The molecule has 1 N–H and O–H groups in total. The van der Waals surface area contributed by atoms with Gasteiger partial charge in [0.05, 0.1) is 34.7 Å². The quantitative estimate of drug-likeness (QED) is 0.520. The number of H-pyrrole nitrogens is 1. The van der Waals surface area contributed by atoms with Gasteiger partial charge in [-0.1, -0.05) is 18.2 Å². The zero-order chi connectivity index (χ0) is 23.1. The number of nitrogens with one attached hydrogen (secondary N) is 1. The van der Waals surface area contributed by atoms with Crippen LogP contribution in [0.4, 0.5) is 10.1 Å². The number of rotatable bonds is 8. The van der Waals surface area contributed by atoms with Crippen LogP contribution in [0.5, 0.6) is 5.75 Å². The second-order valence-electron chi connectivity index (χ2n) is 9.16. The fourth-order valence-electron chi connectivity index (χ4n) is 5.00. The fourth-order valence-corrected chi connectivity index (χ4v) is 6.07. The molecule has 5 rings (SSSR count). The highest BCUT2D eigenvalue weighted by molar-refractivity contribution is 7.84. The average molecular weight is 471 g/mol. The first-order valence-corrected chi connectivity index (χ1v) is 13.0. The molecule has 8 heteroatoms. The molecule has 2 aliphatic rings. The Kier molecular flexibility index (Phi) is 6.14. The van der Waals surface area contributed by atoms with Gasteiger partial charge < -0.3 is 14.6 Å². The lowest BCUT2D eigenvalue weighted by Gasteiger charge is -2.40. The molecule has 3 aromatic rings. The number of fused-ring (bicyclic) bond motifs is 2. The predicted octanol–water partition coefficient (Wildman–Crippen LogP) is 4.63. The first-order chi connectivity index (χ1) is 16.0. The lowest BCUT2D eigenvalue weighted by molar-refractivity contribution is 0.220. The molecule has 0 saturated heterocycles. The van der Waals surface area contributed by atoms with Gasteiger partial charge in [-0.15, -0.1) is 0 Å². The summed E-state index contributed by atoms with van der Waals surface area (Å²) in [6.07, 6.45) is 3.79. The second kappa shape index (κ2) is 9.06. The van der Waals surface area contributed by atoms with Gasteiger partial charge >= 0.3 is 0 Å². The second-order valence-corrected chi connectivity index (χ2v) is 10.5. The van der Waals surface area contributed by atoms with Crippen LogP contribution in [0, 0.1) is 11.7 Å². The van der Waals surface area contributed by atoms with Crippen LogP contribution in [0.15, 0.2) is 35.5 Å². The number of aromatic nitrogens is 2. The van der Waals surface area contributed by atoms with Gasteiger partial charge in [-0.3, -0.25) is 9.11 Å². The normalized spacial score (nSPS) is 19.2. The van der Waals surface area contributed by atoms with Crippen LogP contribution in [0.2, 0.25) is 0 Å². The molecular formula is C25H31FN4O2S. The minimum Gasteiger partial charge on any atom is -0.494 e. The van der Waals surface area contributed by atoms with Crippen molar-refractivity contribution in [2.24, 2.45) is 5.92 Å². The van der Waals surface area contributed by atoms with Crippen LogP contribution in [-0.4, -0.2) is 52.9 Å². The van der Waals surface area contributed by atoms with Crippen LogP contribution in [-0.2, 0) is 16.6 Å². The van der Waals surface area contributed by atoms with E-state index in [2.05, 4.69) is 51.9 Å². The monoisotopic (exact) mass is 470 g/mol. The molecule has 1 aliphatic heterocycles. The minimum absolute atomic E-state index is 0.128. The lowest BCUT2D eigenvalue weighted by atomic mass is 9.92. The Balaban J connectivity index is 1.45. The summed E-state index contributed by atoms with van der Waals surface area (Å²) in [4.78, 5) is 12.4. The molecular weight excluding hydrogens is 439 g/mol. The Morgan fingerprint density at radius 2 is 2.12 bits per heavy atom. The maximum absolute atomic E-state index is 14.1. The number of imidazole rings is 1. The Morgan fingerprint density at radius 3 is 2.85 bits per heavy atom. The van der Waals surface area contributed by atoms with Crippen molar-refractivity contribution in [2.45, 2.75) is 43.1 Å². The summed E-state index contributed by atoms with van der Waals surface area (Å²) >= 11 is 0. The number of nitrogens with zero attached hydrogens (tertiary/aromatic N) is 3. The molecule has 0 radical (unpaired) electrons. The van der Waals surface area contributed by atoms with Gasteiger partial charge in [0.15, 0.2) is 16.7 Å². The van der Waals surface area contributed by atoms with Gasteiger partial charge in [-0.2, -0.15) is 0 Å². The molecule has 6 nitrogen and oxygen atoms in total. The summed E-state index contributed by atoms with van der Waals surface area (Å²) in [6.45, 7) is 5.23. The topological polar surface area (TPSA) is 61.5 Å². The van der Waals surface area contributed by atoms with Crippen LogP contribution in [0.1, 0.15) is 43.4 Å². The number of methoxy groups -OCH3 is 1. The van der Waals surface area contributed by atoms with E-state index in [9.17, 15) is 8.60 Å². The van der Waals surface area contributed by atoms with Crippen molar-refractivity contribution in [3.05, 3.63) is 47.3 Å². The van der Waals surface area contributed by atoms with E-state index in [-0.39, 0.29) is 5.75 Å². The van der Waals surface area contributed by atoms with Crippen molar-refractivity contribution >= 4 is 27.5 Å². The summed E-state index contributed by atoms with van der Waals surface area (Å²) in [5.41, 5.74) is 4.68. The molecule has 0 amide bonds. The van der Waals surface area contributed by atoms with Crippen molar-refractivity contribution in [1.82, 2.24) is 14.9 Å². The van der Waals surface area contributed by atoms with E-state index in [0.29, 0.717) is 28.0 Å². The predicted molar refractivity (Wildman–Crippen MR) is 130 cm³/mol. The Morgan fingerprint density at radius 1 is 1.30 bits per heavy atom.